The molecule has 0 fully saturated rings. The van der Waals surface area contributed by atoms with E-state index in [1.165, 1.54) is 0 Å². The fourth-order valence-corrected chi connectivity index (χ4v) is 4.82. The van der Waals surface area contributed by atoms with Crippen LogP contribution >= 0.6 is 34.5 Å². The topological polar surface area (TPSA) is 100 Å². The van der Waals surface area contributed by atoms with Crippen LogP contribution in [0.1, 0.15) is 16.6 Å². The maximum absolute atomic E-state index is 12.5. The van der Waals surface area contributed by atoms with Crippen molar-refractivity contribution in [3.8, 4) is 21.9 Å². The number of hydrogen-bond acceptors (Lipinski definition) is 8. The van der Waals surface area contributed by atoms with Crippen LogP contribution in [0.2, 0.25) is 10.0 Å². The average molecular weight is 536 g/mol. The third-order valence-corrected chi connectivity index (χ3v) is 6.48. The van der Waals surface area contributed by atoms with Crippen LogP contribution in [-0.4, -0.2) is 43.8 Å². The number of nitrogens with one attached hydrogen (secondary N) is 1. The van der Waals surface area contributed by atoms with Gasteiger partial charge in [-0.05, 0) is 37.3 Å². The van der Waals surface area contributed by atoms with Gasteiger partial charge in [0.25, 0.3) is 5.91 Å². The molecule has 35 heavy (non-hydrogen) atoms. The van der Waals surface area contributed by atoms with Crippen molar-refractivity contribution in [3.05, 3.63) is 63.5 Å². The highest BCUT2D eigenvalue weighted by atomic mass is 35.5. The predicted molar refractivity (Wildman–Crippen MR) is 132 cm³/mol. The standard InChI is InChI=1S/C24H19Cl2NO7S/c1-2-31-24(30)22-16(10-20(35-22)14-8-7-13(25)9-15(14)26)27-21(28)12-33-23(29)19-11-32-17-5-3-4-6-18(17)34-19/h3-10,19H,2,11-12H2,1H3,(H,27,28). The zero-order chi connectivity index (χ0) is 24.9. The molecule has 0 saturated heterocycles. The summed E-state index contributed by atoms with van der Waals surface area (Å²) in [6.07, 6.45) is -1.01. The Morgan fingerprint density at radius 3 is 2.60 bits per heavy atom. The minimum Gasteiger partial charge on any atom is -0.485 e. The maximum Gasteiger partial charge on any atom is 0.351 e. The van der Waals surface area contributed by atoms with Crippen LogP contribution in [0.15, 0.2) is 48.5 Å². The molecule has 2 heterocycles. The van der Waals surface area contributed by atoms with Gasteiger partial charge in [-0.3, -0.25) is 4.79 Å². The van der Waals surface area contributed by atoms with Gasteiger partial charge in [0.2, 0.25) is 6.10 Å². The van der Waals surface area contributed by atoms with Crippen molar-refractivity contribution in [1.82, 2.24) is 0 Å². The SMILES string of the molecule is CCOC(=O)c1sc(-c2ccc(Cl)cc2Cl)cc1NC(=O)COC(=O)C1COc2ccccc2O1. The second-order valence-corrected chi connectivity index (χ2v) is 9.11. The summed E-state index contributed by atoms with van der Waals surface area (Å²) in [5.41, 5.74) is 0.843. The lowest BCUT2D eigenvalue weighted by molar-refractivity contribution is -0.156. The summed E-state index contributed by atoms with van der Waals surface area (Å²) in [6.45, 7) is 1.21. The number of amides is 1. The summed E-state index contributed by atoms with van der Waals surface area (Å²) >= 11 is 13.4. The second kappa shape index (κ2) is 11.0. The molecule has 1 aliphatic rings. The largest absolute Gasteiger partial charge is 0.485 e. The van der Waals surface area contributed by atoms with E-state index in [4.69, 9.17) is 42.1 Å². The lowest BCUT2D eigenvalue weighted by Gasteiger charge is -2.24. The van der Waals surface area contributed by atoms with E-state index in [1.807, 2.05) is 0 Å². The lowest BCUT2D eigenvalue weighted by atomic mass is 10.2. The van der Waals surface area contributed by atoms with Gasteiger partial charge in [-0.1, -0.05) is 41.4 Å². The van der Waals surface area contributed by atoms with Gasteiger partial charge in [-0.15, -0.1) is 11.3 Å². The van der Waals surface area contributed by atoms with Crippen LogP contribution in [0.5, 0.6) is 11.5 Å². The molecule has 2 aromatic carbocycles. The molecule has 0 aliphatic carbocycles. The molecule has 11 heteroatoms. The number of fused-ring (bicyclic) bond motifs is 1. The number of anilines is 1. The van der Waals surface area contributed by atoms with Crippen LogP contribution < -0.4 is 14.8 Å². The molecule has 4 rings (SSSR count). The van der Waals surface area contributed by atoms with Crippen molar-refractivity contribution < 1.29 is 33.3 Å². The first kappa shape index (κ1) is 24.8. The minimum absolute atomic E-state index is 0.0415. The second-order valence-electron chi connectivity index (χ2n) is 7.22. The van der Waals surface area contributed by atoms with Crippen LogP contribution in [0.4, 0.5) is 5.69 Å². The molecular formula is C24H19Cl2NO7S. The van der Waals surface area contributed by atoms with Gasteiger partial charge in [0.05, 0.1) is 17.3 Å². The molecule has 0 saturated carbocycles. The number of benzene rings is 2. The van der Waals surface area contributed by atoms with E-state index in [-0.39, 0.29) is 23.8 Å². The molecule has 1 unspecified atom stereocenters. The molecular weight excluding hydrogens is 517 g/mol. The fourth-order valence-electron chi connectivity index (χ4n) is 3.21. The first-order valence-electron chi connectivity index (χ1n) is 10.5. The Labute approximate surface area is 214 Å². The number of ether oxygens (including phenoxy) is 4. The molecule has 182 valence electrons. The van der Waals surface area contributed by atoms with Crippen LogP contribution in [0.25, 0.3) is 10.4 Å². The number of para-hydroxylation sites is 2. The molecule has 1 amide bonds. The number of carbonyl (C=O) groups excluding carboxylic acids is 3. The number of carbonyl (C=O) groups is 3. The van der Waals surface area contributed by atoms with Crippen molar-refractivity contribution in [2.24, 2.45) is 0 Å². The van der Waals surface area contributed by atoms with Gasteiger partial charge in [0.15, 0.2) is 18.1 Å². The van der Waals surface area contributed by atoms with Gasteiger partial charge in [0.1, 0.15) is 11.5 Å². The zero-order valence-corrected chi connectivity index (χ0v) is 20.7. The summed E-state index contributed by atoms with van der Waals surface area (Å²) in [5, 5.41) is 3.45. The van der Waals surface area contributed by atoms with E-state index in [2.05, 4.69) is 5.32 Å². The molecule has 8 nitrogen and oxygen atoms in total. The van der Waals surface area contributed by atoms with E-state index in [0.717, 1.165) is 11.3 Å². The molecule has 1 aliphatic heterocycles. The van der Waals surface area contributed by atoms with E-state index >= 15 is 0 Å². The third-order valence-electron chi connectivity index (χ3n) is 4.78. The number of rotatable bonds is 7. The predicted octanol–water partition coefficient (Wildman–Crippen LogP) is 5.22. The first-order chi connectivity index (χ1) is 16.9. The number of hydrogen-bond donors (Lipinski definition) is 1. The molecule has 1 atom stereocenters. The van der Waals surface area contributed by atoms with Gasteiger partial charge in [0, 0.05) is 15.5 Å². The normalized spacial score (nSPS) is 14.2. The lowest BCUT2D eigenvalue weighted by Crippen LogP contribution is -2.39. The Balaban J connectivity index is 1.43. The third kappa shape index (κ3) is 5.87. The van der Waals surface area contributed by atoms with Crippen LogP contribution in [0.3, 0.4) is 0 Å². The van der Waals surface area contributed by atoms with Gasteiger partial charge >= 0.3 is 11.9 Å². The molecule has 1 N–H and O–H groups in total. The summed E-state index contributed by atoms with van der Waals surface area (Å²) < 4.78 is 21.3. The molecule has 0 radical (unpaired) electrons. The highest BCUT2D eigenvalue weighted by Gasteiger charge is 2.29. The Hall–Kier alpha value is -3.27. The smallest absolute Gasteiger partial charge is 0.351 e. The summed E-state index contributed by atoms with van der Waals surface area (Å²) in [7, 11) is 0. The maximum atomic E-state index is 12.5. The monoisotopic (exact) mass is 535 g/mol. The minimum atomic E-state index is -1.01. The molecule has 1 aromatic heterocycles. The summed E-state index contributed by atoms with van der Waals surface area (Å²) in [5.74, 6) is -1.06. The van der Waals surface area contributed by atoms with Gasteiger partial charge in [-0.2, -0.15) is 0 Å². The highest BCUT2D eigenvalue weighted by molar-refractivity contribution is 7.18. The van der Waals surface area contributed by atoms with Crippen LogP contribution in [-0.2, 0) is 19.1 Å². The van der Waals surface area contributed by atoms with E-state index < -0.39 is 30.6 Å². The van der Waals surface area contributed by atoms with Gasteiger partial charge in [-0.25, -0.2) is 9.59 Å². The molecule has 3 aromatic rings. The molecule has 0 spiro atoms. The summed E-state index contributed by atoms with van der Waals surface area (Å²) in [4.78, 5) is 38.2. The number of esters is 2. The highest BCUT2D eigenvalue weighted by Crippen LogP contribution is 2.39. The van der Waals surface area contributed by atoms with Crippen molar-refractivity contribution in [2.75, 3.05) is 25.1 Å². The van der Waals surface area contributed by atoms with E-state index in [0.29, 0.717) is 32.0 Å². The molecule has 0 bridgehead atoms. The zero-order valence-electron chi connectivity index (χ0n) is 18.3. The first-order valence-corrected chi connectivity index (χ1v) is 12.0. The summed E-state index contributed by atoms with van der Waals surface area (Å²) in [6, 6.07) is 13.5. The fraction of sp³-hybridized carbons (Fsp3) is 0.208. The Morgan fingerprint density at radius 1 is 1.09 bits per heavy atom. The van der Waals surface area contributed by atoms with E-state index in [9.17, 15) is 14.4 Å². The van der Waals surface area contributed by atoms with Crippen molar-refractivity contribution >= 4 is 58.1 Å². The van der Waals surface area contributed by atoms with Crippen LogP contribution in [0, 0.1) is 0 Å². The Bertz CT molecular complexity index is 1280. The number of halogens is 2. The van der Waals surface area contributed by atoms with Gasteiger partial charge < -0.3 is 24.3 Å². The van der Waals surface area contributed by atoms with Crippen molar-refractivity contribution in [1.29, 1.82) is 0 Å². The average Bonchev–Trinajstić information content (AvgIpc) is 3.25. The van der Waals surface area contributed by atoms with E-state index in [1.54, 1.807) is 55.5 Å². The Kier molecular flexibility index (Phi) is 7.80. The van der Waals surface area contributed by atoms with Crippen molar-refractivity contribution in [3.63, 3.8) is 0 Å². The van der Waals surface area contributed by atoms with Crippen molar-refractivity contribution in [2.45, 2.75) is 13.0 Å². The Morgan fingerprint density at radius 2 is 1.86 bits per heavy atom. The quantitative estimate of drug-likeness (QED) is 0.414. The number of thiophene rings is 1.